The van der Waals surface area contributed by atoms with Crippen LogP contribution in [-0.4, -0.2) is 28.3 Å². The maximum Gasteiger partial charge on any atom is 0.310 e. The van der Waals surface area contributed by atoms with Crippen molar-refractivity contribution in [1.82, 2.24) is 0 Å². The molecule has 2 unspecified atom stereocenters. The molecule has 19 heavy (non-hydrogen) atoms. The minimum Gasteiger partial charge on any atom is -0.373 e. The molecular weight excluding hydrogens is 365 g/mol. The third kappa shape index (κ3) is 4.49. The molecule has 2 atom stereocenters. The normalized spacial score (nSPS) is 20.1. The van der Waals surface area contributed by atoms with E-state index in [2.05, 4.69) is 0 Å². The summed E-state index contributed by atoms with van der Waals surface area (Å²) in [7, 11) is 0. The van der Waals surface area contributed by atoms with Gasteiger partial charge in [0.2, 0.25) is 5.78 Å². The Hall–Kier alpha value is -0.560. The van der Waals surface area contributed by atoms with Gasteiger partial charge in [-0.25, -0.2) is 0 Å². The fourth-order valence-electron chi connectivity index (χ4n) is 1.88. The van der Waals surface area contributed by atoms with Crippen LogP contribution >= 0.6 is 22.6 Å². The van der Waals surface area contributed by atoms with Crippen LogP contribution in [0.5, 0.6) is 0 Å². The largest absolute Gasteiger partial charge is 0.373 e. The average molecular weight is 380 g/mol. The van der Waals surface area contributed by atoms with Gasteiger partial charge < -0.3 is 4.74 Å². The van der Waals surface area contributed by atoms with Crippen LogP contribution in [0, 0.1) is 0 Å². The third-order valence-electron chi connectivity index (χ3n) is 3.05. The Morgan fingerprint density at radius 2 is 2.05 bits per heavy atom. The van der Waals surface area contributed by atoms with Gasteiger partial charge in [0.25, 0.3) is 0 Å². The van der Waals surface area contributed by atoms with Gasteiger partial charge in [0.05, 0.1) is 12.7 Å². The summed E-state index contributed by atoms with van der Waals surface area (Å²) in [6.45, 7) is 0.739. The molecule has 5 heteroatoms. The van der Waals surface area contributed by atoms with E-state index in [-0.39, 0.29) is 15.6 Å². The van der Waals surface area contributed by atoms with Gasteiger partial charge in [-0.15, -0.1) is 0 Å². The highest BCUT2D eigenvalue weighted by Crippen LogP contribution is 2.31. The number of ether oxygens (including phenoxy) is 1. The van der Waals surface area contributed by atoms with E-state index in [0.717, 1.165) is 13.0 Å². The van der Waals surface area contributed by atoms with E-state index in [1.54, 1.807) is 18.2 Å². The monoisotopic (exact) mass is 380 g/mol. The van der Waals surface area contributed by atoms with E-state index in [9.17, 15) is 13.6 Å². The second-order valence-electron chi connectivity index (χ2n) is 4.73. The Morgan fingerprint density at radius 3 is 2.63 bits per heavy atom. The van der Waals surface area contributed by atoms with Crippen molar-refractivity contribution < 1.29 is 18.3 Å². The SMILES string of the molecule is O=C(c1ccccc1)C(F)(F)CC(I)CCC1CO1. The number of hydrogen-bond acceptors (Lipinski definition) is 2. The summed E-state index contributed by atoms with van der Waals surface area (Å²) < 4.78 is 32.6. The lowest BCUT2D eigenvalue weighted by atomic mass is 10.00. The van der Waals surface area contributed by atoms with Crippen molar-refractivity contribution in [2.75, 3.05) is 6.61 Å². The number of carbonyl (C=O) groups is 1. The minimum atomic E-state index is -3.29. The van der Waals surface area contributed by atoms with Crippen molar-refractivity contribution in [2.45, 2.75) is 35.2 Å². The van der Waals surface area contributed by atoms with Gasteiger partial charge in [-0.1, -0.05) is 52.9 Å². The van der Waals surface area contributed by atoms with Gasteiger partial charge in [0.1, 0.15) is 0 Å². The first kappa shape index (κ1) is 14.8. The molecule has 0 N–H and O–H groups in total. The second-order valence-corrected chi connectivity index (χ2v) is 6.50. The van der Waals surface area contributed by atoms with E-state index < -0.39 is 18.1 Å². The van der Waals surface area contributed by atoms with Crippen molar-refractivity contribution in [1.29, 1.82) is 0 Å². The number of halogens is 3. The predicted octanol–water partition coefficient (Wildman–Crippen LogP) is 3.88. The molecule has 1 aromatic carbocycles. The zero-order valence-electron chi connectivity index (χ0n) is 10.3. The molecule has 0 amide bonds. The number of hydrogen-bond donors (Lipinski definition) is 0. The highest BCUT2D eigenvalue weighted by atomic mass is 127. The Kier molecular flexibility index (Phi) is 4.89. The molecule has 0 saturated carbocycles. The lowest BCUT2D eigenvalue weighted by molar-refractivity contribution is 0.00510. The average Bonchev–Trinajstić information content (AvgIpc) is 3.20. The zero-order chi connectivity index (χ0) is 13.9. The molecule has 1 aromatic rings. The lowest BCUT2D eigenvalue weighted by Crippen LogP contribution is -2.31. The number of Topliss-reactive ketones (excluding diaryl/α,β-unsaturated/α-hetero) is 1. The first-order valence-corrected chi connectivity index (χ1v) is 7.47. The van der Waals surface area contributed by atoms with Crippen molar-refractivity contribution in [3.8, 4) is 0 Å². The summed E-state index contributed by atoms with van der Waals surface area (Å²) in [5, 5.41) is 0. The smallest absolute Gasteiger partial charge is 0.310 e. The van der Waals surface area contributed by atoms with Gasteiger partial charge in [0.15, 0.2) is 0 Å². The van der Waals surface area contributed by atoms with Crippen LogP contribution in [0.2, 0.25) is 0 Å². The van der Waals surface area contributed by atoms with Gasteiger partial charge in [-0.05, 0) is 12.8 Å². The summed E-state index contributed by atoms with van der Waals surface area (Å²) in [6.07, 6.45) is 1.29. The fraction of sp³-hybridized carbons (Fsp3) is 0.500. The molecule has 1 aliphatic rings. The van der Waals surface area contributed by atoms with Crippen LogP contribution in [0.15, 0.2) is 30.3 Å². The number of carbonyl (C=O) groups excluding carboxylic acids is 1. The number of rotatable bonds is 7. The summed E-state index contributed by atoms with van der Waals surface area (Å²) >= 11 is 1.99. The van der Waals surface area contributed by atoms with Crippen LogP contribution in [0.25, 0.3) is 0 Å². The molecule has 104 valence electrons. The van der Waals surface area contributed by atoms with Crippen molar-refractivity contribution >= 4 is 28.4 Å². The molecule has 0 radical (unpaired) electrons. The molecule has 1 aliphatic heterocycles. The van der Waals surface area contributed by atoms with Gasteiger partial charge in [0, 0.05) is 15.9 Å². The number of ketones is 1. The van der Waals surface area contributed by atoms with E-state index in [0.29, 0.717) is 6.42 Å². The standard InChI is InChI=1S/C14H15F2IO2/c15-14(16,8-11(17)6-7-12-9-19-12)13(18)10-4-2-1-3-5-10/h1-5,11-12H,6-9H2. The molecular formula is C14H15F2IO2. The summed E-state index contributed by atoms with van der Waals surface area (Å²) in [4.78, 5) is 11.8. The molecule has 1 saturated heterocycles. The predicted molar refractivity (Wildman–Crippen MR) is 77.1 cm³/mol. The van der Waals surface area contributed by atoms with Crippen LogP contribution in [0.1, 0.15) is 29.6 Å². The first-order valence-electron chi connectivity index (χ1n) is 6.22. The molecule has 0 bridgehead atoms. The van der Waals surface area contributed by atoms with E-state index in [1.807, 2.05) is 22.6 Å². The lowest BCUT2D eigenvalue weighted by Gasteiger charge is -2.18. The first-order chi connectivity index (χ1) is 8.99. The number of alkyl halides is 3. The van der Waals surface area contributed by atoms with Gasteiger partial charge in [-0.3, -0.25) is 4.79 Å². The van der Waals surface area contributed by atoms with Crippen LogP contribution < -0.4 is 0 Å². The summed E-state index contributed by atoms with van der Waals surface area (Å²) in [5.41, 5.74) is 0.0710. The zero-order valence-corrected chi connectivity index (χ0v) is 12.5. The molecule has 0 aromatic heterocycles. The maximum atomic E-state index is 13.9. The quantitative estimate of drug-likeness (QED) is 0.311. The second kappa shape index (κ2) is 6.26. The number of benzene rings is 1. The van der Waals surface area contributed by atoms with Gasteiger partial charge >= 0.3 is 5.92 Å². The van der Waals surface area contributed by atoms with Crippen molar-refractivity contribution in [3.05, 3.63) is 35.9 Å². The third-order valence-corrected chi connectivity index (χ3v) is 4.11. The molecule has 0 spiro atoms. The van der Waals surface area contributed by atoms with Crippen molar-refractivity contribution in [2.24, 2.45) is 0 Å². The molecule has 1 heterocycles. The van der Waals surface area contributed by atoms with Crippen LogP contribution in [0.4, 0.5) is 8.78 Å². The highest BCUT2D eigenvalue weighted by Gasteiger charge is 2.41. The van der Waals surface area contributed by atoms with Crippen molar-refractivity contribution in [3.63, 3.8) is 0 Å². The fourth-order valence-corrected chi connectivity index (χ4v) is 2.79. The minimum absolute atomic E-state index is 0.0710. The Bertz CT molecular complexity index is 432. The molecule has 0 aliphatic carbocycles. The van der Waals surface area contributed by atoms with E-state index in [1.165, 1.54) is 12.1 Å². The molecule has 2 rings (SSSR count). The summed E-state index contributed by atoms with van der Waals surface area (Å²) in [5.74, 6) is -4.38. The highest BCUT2D eigenvalue weighted by molar-refractivity contribution is 14.1. The molecule has 2 nitrogen and oxygen atoms in total. The van der Waals surface area contributed by atoms with E-state index >= 15 is 0 Å². The van der Waals surface area contributed by atoms with Gasteiger partial charge in [-0.2, -0.15) is 8.78 Å². The topological polar surface area (TPSA) is 29.6 Å². The molecule has 1 fully saturated rings. The maximum absolute atomic E-state index is 13.9. The summed E-state index contributed by atoms with van der Waals surface area (Å²) in [6, 6.07) is 7.74. The Morgan fingerprint density at radius 1 is 1.42 bits per heavy atom. The Labute approximate surface area is 124 Å². The van der Waals surface area contributed by atoms with Crippen LogP contribution in [0.3, 0.4) is 0 Å². The number of epoxide rings is 1. The Balaban J connectivity index is 1.90. The van der Waals surface area contributed by atoms with Crippen LogP contribution in [-0.2, 0) is 4.74 Å². The van der Waals surface area contributed by atoms with E-state index in [4.69, 9.17) is 4.74 Å².